The van der Waals surface area contributed by atoms with Crippen molar-refractivity contribution in [1.82, 2.24) is 0 Å². The third-order valence-corrected chi connectivity index (χ3v) is 4.76. The van der Waals surface area contributed by atoms with Gasteiger partial charge in [0.05, 0.1) is 20.3 Å². The van der Waals surface area contributed by atoms with Gasteiger partial charge in [-0.05, 0) is 60.9 Å². The fourth-order valence-electron chi connectivity index (χ4n) is 2.94. The molecule has 0 heterocycles. The fourth-order valence-corrected chi connectivity index (χ4v) is 2.94. The van der Waals surface area contributed by atoms with Gasteiger partial charge >= 0.3 is 0 Å². The standard InChI is InChI=1S/C26H35NO4/c1-4-6-8-9-19-31-24-16-10-21(20-25(24)29-3)11-17-26(28)27-22-12-14-23(15-13-22)30-18-7-5-2/h10-17,20H,4-9,18-19H2,1-3H3,(H,27,28)/b17-11+. The van der Waals surface area contributed by atoms with Gasteiger partial charge in [0.25, 0.3) is 0 Å². The summed E-state index contributed by atoms with van der Waals surface area (Å²) in [6, 6.07) is 13.1. The molecule has 2 rings (SSSR count). The lowest BCUT2D eigenvalue weighted by Crippen LogP contribution is -2.07. The first kappa shape index (κ1) is 24.3. The lowest BCUT2D eigenvalue weighted by atomic mass is 10.2. The van der Waals surface area contributed by atoms with Crippen LogP contribution in [-0.2, 0) is 4.79 Å². The summed E-state index contributed by atoms with van der Waals surface area (Å²) in [7, 11) is 1.62. The van der Waals surface area contributed by atoms with Crippen molar-refractivity contribution in [2.45, 2.75) is 52.4 Å². The summed E-state index contributed by atoms with van der Waals surface area (Å²) >= 11 is 0. The quantitative estimate of drug-likeness (QED) is 0.278. The van der Waals surface area contributed by atoms with Crippen molar-refractivity contribution >= 4 is 17.7 Å². The highest BCUT2D eigenvalue weighted by atomic mass is 16.5. The summed E-state index contributed by atoms with van der Waals surface area (Å²) in [5.74, 6) is 2.00. The van der Waals surface area contributed by atoms with Crippen LogP contribution < -0.4 is 19.5 Å². The van der Waals surface area contributed by atoms with Crippen LogP contribution in [0.1, 0.15) is 57.9 Å². The van der Waals surface area contributed by atoms with E-state index in [2.05, 4.69) is 19.2 Å². The highest BCUT2D eigenvalue weighted by molar-refractivity contribution is 6.01. The molecule has 2 aromatic rings. The predicted molar refractivity (Wildman–Crippen MR) is 127 cm³/mol. The smallest absolute Gasteiger partial charge is 0.248 e. The number of ether oxygens (including phenoxy) is 3. The number of unbranched alkanes of at least 4 members (excludes halogenated alkanes) is 4. The van der Waals surface area contributed by atoms with Gasteiger partial charge < -0.3 is 19.5 Å². The minimum absolute atomic E-state index is 0.199. The van der Waals surface area contributed by atoms with Gasteiger partial charge in [0, 0.05) is 11.8 Å². The van der Waals surface area contributed by atoms with Gasteiger partial charge in [-0.3, -0.25) is 4.79 Å². The van der Waals surface area contributed by atoms with E-state index >= 15 is 0 Å². The summed E-state index contributed by atoms with van der Waals surface area (Å²) in [5.41, 5.74) is 1.59. The van der Waals surface area contributed by atoms with Crippen LogP contribution in [0.5, 0.6) is 17.2 Å². The van der Waals surface area contributed by atoms with E-state index in [0.29, 0.717) is 19.0 Å². The Labute approximate surface area is 186 Å². The molecule has 0 bridgehead atoms. The van der Waals surface area contributed by atoms with Crippen molar-refractivity contribution in [3.05, 3.63) is 54.1 Å². The number of benzene rings is 2. The number of carbonyl (C=O) groups is 1. The number of carbonyl (C=O) groups excluding carboxylic acids is 1. The van der Waals surface area contributed by atoms with E-state index in [-0.39, 0.29) is 5.91 Å². The Morgan fingerprint density at radius 1 is 0.871 bits per heavy atom. The number of anilines is 1. The second-order valence-corrected chi connectivity index (χ2v) is 7.37. The highest BCUT2D eigenvalue weighted by Crippen LogP contribution is 2.29. The van der Waals surface area contributed by atoms with Crippen LogP contribution in [0.3, 0.4) is 0 Å². The summed E-state index contributed by atoms with van der Waals surface area (Å²) in [5, 5.41) is 2.85. The SMILES string of the molecule is CCCCCCOc1ccc(/C=C/C(=O)Nc2ccc(OCCCC)cc2)cc1OC. The molecule has 0 radical (unpaired) electrons. The van der Waals surface area contributed by atoms with E-state index in [4.69, 9.17) is 14.2 Å². The van der Waals surface area contributed by atoms with Crippen molar-refractivity contribution in [3.63, 3.8) is 0 Å². The fraction of sp³-hybridized carbons (Fsp3) is 0.423. The van der Waals surface area contributed by atoms with E-state index in [1.165, 1.54) is 25.3 Å². The van der Waals surface area contributed by atoms with Crippen LogP contribution in [0.4, 0.5) is 5.69 Å². The molecule has 0 saturated heterocycles. The minimum Gasteiger partial charge on any atom is -0.494 e. The Balaban J connectivity index is 1.86. The van der Waals surface area contributed by atoms with Crippen LogP contribution in [0, 0.1) is 0 Å². The van der Waals surface area contributed by atoms with E-state index in [9.17, 15) is 4.79 Å². The molecule has 2 aromatic carbocycles. The zero-order valence-electron chi connectivity index (χ0n) is 19.0. The Morgan fingerprint density at radius 2 is 1.61 bits per heavy atom. The van der Waals surface area contributed by atoms with Gasteiger partial charge in [-0.25, -0.2) is 0 Å². The first-order valence-corrected chi connectivity index (χ1v) is 11.2. The second kappa shape index (κ2) is 14.1. The van der Waals surface area contributed by atoms with E-state index in [0.717, 1.165) is 42.0 Å². The van der Waals surface area contributed by atoms with Crippen LogP contribution in [0.2, 0.25) is 0 Å². The molecule has 0 fully saturated rings. The third-order valence-electron chi connectivity index (χ3n) is 4.76. The van der Waals surface area contributed by atoms with Gasteiger partial charge in [-0.1, -0.05) is 45.6 Å². The molecular weight excluding hydrogens is 390 g/mol. The van der Waals surface area contributed by atoms with Crippen molar-refractivity contribution in [2.24, 2.45) is 0 Å². The van der Waals surface area contributed by atoms with Crippen LogP contribution in [0.15, 0.2) is 48.5 Å². The van der Waals surface area contributed by atoms with Crippen LogP contribution >= 0.6 is 0 Å². The maximum atomic E-state index is 12.2. The normalized spacial score (nSPS) is 10.8. The number of amides is 1. The molecule has 0 aliphatic heterocycles. The number of nitrogens with one attached hydrogen (secondary N) is 1. The zero-order chi connectivity index (χ0) is 22.3. The largest absolute Gasteiger partial charge is 0.494 e. The van der Waals surface area contributed by atoms with Crippen molar-refractivity contribution in [3.8, 4) is 17.2 Å². The van der Waals surface area contributed by atoms with Gasteiger partial charge in [0.2, 0.25) is 5.91 Å². The molecule has 5 nitrogen and oxygen atoms in total. The number of hydrogen-bond donors (Lipinski definition) is 1. The average Bonchev–Trinajstić information content (AvgIpc) is 2.79. The van der Waals surface area contributed by atoms with E-state index < -0.39 is 0 Å². The molecule has 0 spiro atoms. The van der Waals surface area contributed by atoms with E-state index in [1.54, 1.807) is 13.2 Å². The Bertz CT molecular complexity index is 815. The maximum absolute atomic E-state index is 12.2. The molecule has 0 aromatic heterocycles. The lowest BCUT2D eigenvalue weighted by molar-refractivity contribution is -0.111. The monoisotopic (exact) mass is 425 g/mol. The first-order chi connectivity index (χ1) is 15.2. The van der Waals surface area contributed by atoms with Crippen molar-refractivity contribution in [1.29, 1.82) is 0 Å². The van der Waals surface area contributed by atoms with Gasteiger partial charge in [-0.15, -0.1) is 0 Å². The highest BCUT2D eigenvalue weighted by Gasteiger charge is 2.05. The van der Waals surface area contributed by atoms with Crippen LogP contribution in [-0.4, -0.2) is 26.2 Å². The van der Waals surface area contributed by atoms with E-state index in [1.807, 2.05) is 42.5 Å². The molecule has 5 heteroatoms. The van der Waals surface area contributed by atoms with Gasteiger partial charge in [0.15, 0.2) is 11.5 Å². The molecule has 0 unspecified atom stereocenters. The summed E-state index contributed by atoms with van der Waals surface area (Å²) in [6.07, 6.45) is 10.0. The molecule has 0 aliphatic rings. The Kier molecular flexibility index (Phi) is 11.1. The average molecular weight is 426 g/mol. The predicted octanol–water partition coefficient (Wildman–Crippen LogP) is 6.49. The van der Waals surface area contributed by atoms with Crippen LogP contribution in [0.25, 0.3) is 6.08 Å². The Morgan fingerprint density at radius 3 is 2.32 bits per heavy atom. The topological polar surface area (TPSA) is 56.8 Å². The van der Waals surface area contributed by atoms with Gasteiger partial charge in [-0.2, -0.15) is 0 Å². The lowest BCUT2D eigenvalue weighted by Gasteiger charge is -2.11. The van der Waals surface area contributed by atoms with Crippen molar-refractivity contribution in [2.75, 3.05) is 25.6 Å². The number of methoxy groups -OCH3 is 1. The number of rotatable bonds is 14. The molecular formula is C26H35NO4. The maximum Gasteiger partial charge on any atom is 0.248 e. The summed E-state index contributed by atoms with van der Waals surface area (Å²) < 4.78 is 16.9. The molecule has 0 saturated carbocycles. The molecule has 1 amide bonds. The van der Waals surface area contributed by atoms with Gasteiger partial charge in [0.1, 0.15) is 5.75 Å². The zero-order valence-corrected chi connectivity index (χ0v) is 19.0. The second-order valence-electron chi connectivity index (χ2n) is 7.37. The number of hydrogen-bond acceptors (Lipinski definition) is 4. The molecule has 31 heavy (non-hydrogen) atoms. The summed E-state index contributed by atoms with van der Waals surface area (Å²) in [6.45, 7) is 5.70. The summed E-state index contributed by atoms with van der Waals surface area (Å²) in [4.78, 5) is 12.2. The molecule has 0 aliphatic carbocycles. The Hall–Kier alpha value is -2.95. The molecule has 0 atom stereocenters. The molecule has 1 N–H and O–H groups in total. The third kappa shape index (κ3) is 9.16. The first-order valence-electron chi connectivity index (χ1n) is 11.2. The molecule has 168 valence electrons. The van der Waals surface area contributed by atoms with Crippen molar-refractivity contribution < 1.29 is 19.0 Å². The minimum atomic E-state index is -0.199.